The number of amides is 2. The lowest BCUT2D eigenvalue weighted by atomic mass is 10.2. The first-order valence-corrected chi connectivity index (χ1v) is 8.61. The van der Waals surface area contributed by atoms with Gasteiger partial charge in [-0.15, -0.1) is 0 Å². The molecule has 0 atom stereocenters. The van der Waals surface area contributed by atoms with Gasteiger partial charge in [0.2, 0.25) is 6.41 Å². The number of rotatable bonds is 11. The SMILES string of the molecule is CC[N+](CC)(CCCNC=O)CCN(C)C(=O)c1ccc(N)cc1. The van der Waals surface area contributed by atoms with Crippen molar-refractivity contribution in [1.29, 1.82) is 0 Å². The van der Waals surface area contributed by atoms with E-state index in [9.17, 15) is 9.59 Å². The zero-order chi connectivity index (χ0) is 18.0. The number of benzene rings is 1. The average Bonchev–Trinajstić information content (AvgIpc) is 2.61. The highest BCUT2D eigenvalue weighted by atomic mass is 16.2. The summed E-state index contributed by atoms with van der Waals surface area (Å²) >= 11 is 0. The Balaban J connectivity index is 2.59. The van der Waals surface area contributed by atoms with E-state index in [0.717, 1.165) is 43.5 Å². The number of hydrogen-bond donors (Lipinski definition) is 2. The van der Waals surface area contributed by atoms with Crippen molar-refractivity contribution in [2.45, 2.75) is 20.3 Å². The molecule has 0 aliphatic carbocycles. The van der Waals surface area contributed by atoms with Crippen molar-refractivity contribution >= 4 is 18.0 Å². The largest absolute Gasteiger partial charge is 0.399 e. The molecule has 0 saturated carbocycles. The third kappa shape index (κ3) is 5.85. The van der Waals surface area contributed by atoms with E-state index < -0.39 is 0 Å². The minimum absolute atomic E-state index is 0.0166. The fourth-order valence-corrected chi connectivity index (χ4v) is 2.85. The van der Waals surface area contributed by atoms with Crippen LogP contribution in [-0.2, 0) is 4.79 Å². The molecule has 2 amide bonds. The molecule has 3 N–H and O–H groups in total. The molecule has 0 heterocycles. The number of quaternary nitrogens is 1. The first-order chi connectivity index (χ1) is 11.5. The summed E-state index contributed by atoms with van der Waals surface area (Å²) in [4.78, 5) is 24.6. The first-order valence-electron chi connectivity index (χ1n) is 8.61. The van der Waals surface area contributed by atoms with Gasteiger partial charge in [0.25, 0.3) is 5.91 Å². The van der Waals surface area contributed by atoms with Crippen LogP contribution in [0.25, 0.3) is 0 Å². The lowest BCUT2D eigenvalue weighted by Gasteiger charge is -2.38. The number of carbonyl (C=O) groups is 2. The Morgan fingerprint density at radius 2 is 1.83 bits per heavy atom. The van der Waals surface area contributed by atoms with Gasteiger partial charge < -0.3 is 20.4 Å². The third-order valence-electron chi connectivity index (χ3n) is 4.79. The van der Waals surface area contributed by atoms with Gasteiger partial charge in [0.15, 0.2) is 0 Å². The van der Waals surface area contributed by atoms with E-state index in [1.807, 2.05) is 7.05 Å². The van der Waals surface area contributed by atoms with Crippen LogP contribution in [0.15, 0.2) is 24.3 Å². The maximum absolute atomic E-state index is 12.5. The molecule has 0 bridgehead atoms. The number of carbonyl (C=O) groups excluding carboxylic acids is 2. The first kappa shape index (κ1) is 20.0. The number of nitrogens with two attached hydrogens (primary N) is 1. The summed E-state index contributed by atoms with van der Waals surface area (Å²) in [6.07, 6.45) is 1.68. The Labute approximate surface area is 145 Å². The lowest BCUT2D eigenvalue weighted by Crippen LogP contribution is -2.52. The number of nitrogens with one attached hydrogen (secondary N) is 1. The fraction of sp³-hybridized carbons (Fsp3) is 0.556. The van der Waals surface area contributed by atoms with Gasteiger partial charge in [0, 0.05) is 31.3 Å². The highest BCUT2D eigenvalue weighted by molar-refractivity contribution is 5.94. The van der Waals surface area contributed by atoms with Crippen molar-refractivity contribution in [1.82, 2.24) is 10.2 Å². The summed E-state index contributed by atoms with van der Waals surface area (Å²) in [7, 11) is 1.84. The van der Waals surface area contributed by atoms with Crippen molar-refractivity contribution in [2.75, 3.05) is 52.0 Å². The number of anilines is 1. The Morgan fingerprint density at radius 3 is 2.38 bits per heavy atom. The number of hydrogen-bond acceptors (Lipinski definition) is 3. The van der Waals surface area contributed by atoms with Crippen molar-refractivity contribution in [2.24, 2.45) is 0 Å². The molecule has 0 aliphatic rings. The van der Waals surface area contributed by atoms with Crippen LogP contribution in [0.3, 0.4) is 0 Å². The molecule has 0 unspecified atom stereocenters. The van der Waals surface area contributed by atoms with Gasteiger partial charge in [0.05, 0.1) is 32.7 Å². The normalized spacial score (nSPS) is 11.1. The van der Waals surface area contributed by atoms with Crippen LogP contribution in [0, 0.1) is 0 Å². The van der Waals surface area contributed by atoms with Gasteiger partial charge in [-0.05, 0) is 38.1 Å². The Hall–Kier alpha value is -2.08. The second-order valence-corrected chi connectivity index (χ2v) is 6.20. The van der Waals surface area contributed by atoms with Crippen LogP contribution in [0.2, 0.25) is 0 Å². The molecule has 0 fully saturated rings. The quantitative estimate of drug-likeness (QED) is 0.277. The van der Waals surface area contributed by atoms with Crippen LogP contribution in [0.1, 0.15) is 30.6 Å². The number of likely N-dealkylation sites (N-methyl/N-ethyl adjacent to an activating group) is 2. The zero-order valence-electron chi connectivity index (χ0n) is 15.1. The zero-order valence-corrected chi connectivity index (χ0v) is 15.1. The van der Waals surface area contributed by atoms with Crippen molar-refractivity contribution in [3.8, 4) is 0 Å². The number of nitrogen functional groups attached to an aromatic ring is 1. The smallest absolute Gasteiger partial charge is 0.253 e. The van der Waals surface area contributed by atoms with Crippen molar-refractivity contribution in [3.63, 3.8) is 0 Å². The molecule has 24 heavy (non-hydrogen) atoms. The van der Waals surface area contributed by atoms with Gasteiger partial charge in [-0.3, -0.25) is 9.59 Å². The maximum Gasteiger partial charge on any atom is 0.253 e. The summed E-state index contributed by atoms with van der Waals surface area (Å²) in [5, 5.41) is 2.71. The minimum Gasteiger partial charge on any atom is -0.399 e. The van der Waals surface area contributed by atoms with E-state index >= 15 is 0 Å². The predicted octanol–water partition coefficient (Wildman–Crippen LogP) is 1.33. The van der Waals surface area contributed by atoms with Gasteiger partial charge in [-0.2, -0.15) is 0 Å². The van der Waals surface area contributed by atoms with Crippen LogP contribution < -0.4 is 11.1 Å². The van der Waals surface area contributed by atoms with E-state index in [2.05, 4.69) is 19.2 Å². The van der Waals surface area contributed by atoms with Crippen LogP contribution in [-0.4, -0.2) is 68.0 Å². The molecule has 1 aromatic rings. The molecule has 6 heteroatoms. The summed E-state index contributed by atoms with van der Waals surface area (Å²) in [5.41, 5.74) is 6.99. The minimum atomic E-state index is 0.0166. The summed E-state index contributed by atoms with van der Waals surface area (Å²) in [6.45, 7) is 9.69. The fourth-order valence-electron chi connectivity index (χ4n) is 2.85. The van der Waals surface area contributed by atoms with E-state index in [-0.39, 0.29) is 5.91 Å². The molecular formula is C18H31N4O2+. The van der Waals surface area contributed by atoms with Crippen LogP contribution in [0.5, 0.6) is 0 Å². The molecule has 0 saturated heterocycles. The monoisotopic (exact) mass is 335 g/mol. The lowest BCUT2D eigenvalue weighted by molar-refractivity contribution is -0.924. The van der Waals surface area contributed by atoms with Crippen LogP contribution in [0.4, 0.5) is 5.69 Å². The molecule has 0 spiro atoms. The highest BCUT2D eigenvalue weighted by Crippen LogP contribution is 2.11. The average molecular weight is 335 g/mol. The second kappa shape index (κ2) is 9.93. The molecule has 1 rings (SSSR count). The molecule has 0 radical (unpaired) electrons. The molecule has 1 aromatic carbocycles. The molecule has 6 nitrogen and oxygen atoms in total. The second-order valence-electron chi connectivity index (χ2n) is 6.20. The highest BCUT2D eigenvalue weighted by Gasteiger charge is 2.24. The van der Waals surface area contributed by atoms with Gasteiger partial charge >= 0.3 is 0 Å². The van der Waals surface area contributed by atoms with E-state index in [1.165, 1.54) is 0 Å². The summed E-state index contributed by atoms with van der Waals surface area (Å²) in [6, 6.07) is 7.03. The Kier molecular flexibility index (Phi) is 8.26. The summed E-state index contributed by atoms with van der Waals surface area (Å²) in [5.74, 6) is 0.0166. The Bertz CT molecular complexity index is 512. The topological polar surface area (TPSA) is 75.4 Å². The van der Waals surface area contributed by atoms with Gasteiger partial charge in [-0.1, -0.05) is 0 Å². The van der Waals surface area contributed by atoms with Gasteiger partial charge in [-0.25, -0.2) is 0 Å². The van der Waals surface area contributed by atoms with Crippen molar-refractivity contribution in [3.05, 3.63) is 29.8 Å². The third-order valence-corrected chi connectivity index (χ3v) is 4.79. The Morgan fingerprint density at radius 1 is 1.21 bits per heavy atom. The van der Waals surface area contributed by atoms with Crippen LogP contribution >= 0.6 is 0 Å². The van der Waals surface area contributed by atoms with E-state index in [4.69, 9.17) is 5.73 Å². The van der Waals surface area contributed by atoms with Gasteiger partial charge in [0.1, 0.15) is 0 Å². The molecule has 0 aromatic heterocycles. The number of nitrogens with zero attached hydrogens (tertiary/aromatic N) is 2. The van der Waals surface area contributed by atoms with E-state index in [1.54, 1.807) is 29.2 Å². The maximum atomic E-state index is 12.5. The van der Waals surface area contributed by atoms with Crippen molar-refractivity contribution < 1.29 is 14.1 Å². The molecular weight excluding hydrogens is 304 g/mol. The van der Waals surface area contributed by atoms with E-state index in [0.29, 0.717) is 24.3 Å². The predicted molar refractivity (Wildman–Crippen MR) is 97.6 cm³/mol. The summed E-state index contributed by atoms with van der Waals surface area (Å²) < 4.78 is 0.944. The standard InChI is InChI=1S/C18H30N4O2/c1-4-22(5-2,13-6-11-20-15-23)14-12-21(3)18(24)16-7-9-17(19)10-8-16/h7-10,15H,4-6,11-14H2,1-3H3,(H2-,19,20,23,24)/p+1. The molecule has 0 aliphatic heterocycles. The molecule has 134 valence electrons.